The molecule has 0 aliphatic carbocycles. The summed E-state index contributed by atoms with van der Waals surface area (Å²) in [5.74, 6) is 0.135. The van der Waals surface area contributed by atoms with E-state index in [9.17, 15) is 32.7 Å². The van der Waals surface area contributed by atoms with E-state index in [1.165, 1.54) is 42.2 Å². The lowest BCUT2D eigenvalue weighted by molar-refractivity contribution is -0.137. The average molecular weight is 644 g/mol. The van der Waals surface area contributed by atoms with E-state index in [4.69, 9.17) is 9.47 Å². The summed E-state index contributed by atoms with van der Waals surface area (Å²) in [5.41, 5.74) is 0.344. The number of aliphatic hydroxyl groups is 1. The average Bonchev–Trinajstić information content (AvgIpc) is 3.02. The van der Waals surface area contributed by atoms with E-state index in [0.29, 0.717) is 17.1 Å². The Morgan fingerprint density at radius 3 is 2.22 bits per heavy atom. The highest BCUT2D eigenvalue weighted by molar-refractivity contribution is 6.02. The largest absolute Gasteiger partial charge is 0.497 e. The Hall–Kier alpha value is -4.98. The Balaban J connectivity index is 1.51. The molecule has 5 amide bonds. The van der Waals surface area contributed by atoms with Gasteiger partial charge in [-0.2, -0.15) is 13.2 Å². The minimum absolute atomic E-state index is 0.0624. The number of halogens is 3. The number of rotatable bonds is 8. The summed E-state index contributed by atoms with van der Waals surface area (Å²) in [6.45, 7) is 3.51. The normalized spacial score (nSPS) is 17.0. The summed E-state index contributed by atoms with van der Waals surface area (Å²) < 4.78 is 50.1. The number of anilines is 3. The topological polar surface area (TPSA) is 132 Å². The number of urea groups is 2. The lowest BCUT2D eigenvalue weighted by Gasteiger charge is -2.38. The number of benzene rings is 3. The van der Waals surface area contributed by atoms with Gasteiger partial charge in [0.2, 0.25) is 0 Å². The van der Waals surface area contributed by atoms with Crippen LogP contribution < -0.4 is 25.4 Å². The number of amides is 5. The van der Waals surface area contributed by atoms with Gasteiger partial charge >= 0.3 is 18.2 Å². The molecule has 246 valence electrons. The summed E-state index contributed by atoms with van der Waals surface area (Å²) in [7, 11) is 3.05. The molecule has 3 aromatic carbocycles. The maximum absolute atomic E-state index is 13.7. The van der Waals surface area contributed by atoms with E-state index in [0.717, 1.165) is 12.1 Å². The molecule has 11 nitrogen and oxygen atoms in total. The molecule has 4 N–H and O–H groups in total. The van der Waals surface area contributed by atoms with E-state index >= 15 is 0 Å². The smallest absolute Gasteiger partial charge is 0.416 e. The van der Waals surface area contributed by atoms with E-state index < -0.39 is 41.9 Å². The van der Waals surface area contributed by atoms with Crippen molar-refractivity contribution in [1.82, 2.24) is 9.80 Å². The molecule has 0 radical (unpaired) electrons. The maximum atomic E-state index is 13.7. The second-order valence-corrected chi connectivity index (χ2v) is 11.0. The highest BCUT2D eigenvalue weighted by atomic mass is 19.4. The van der Waals surface area contributed by atoms with Crippen molar-refractivity contribution in [3.63, 3.8) is 0 Å². The molecular weight excluding hydrogens is 607 g/mol. The molecule has 3 atom stereocenters. The molecule has 1 aliphatic heterocycles. The van der Waals surface area contributed by atoms with Gasteiger partial charge in [-0.25, -0.2) is 9.59 Å². The Morgan fingerprint density at radius 1 is 1.02 bits per heavy atom. The molecule has 3 aromatic rings. The van der Waals surface area contributed by atoms with Crippen LogP contribution in [0.15, 0.2) is 66.7 Å². The van der Waals surface area contributed by atoms with Crippen LogP contribution in [0.5, 0.6) is 11.5 Å². The standard InChI is InChI=1S/C32H36F3N5O6/c1-19-16-40(20(2)18-41)29(42)26-15-24(37-30(43)36-22-9-12-25(45-4)13-10-22)11-14-27(26)46-28(19)17-39(3)31(44)38-23-7-5-21(6-8-23)32(33,34)35/h5-15,19-20,28,41H,16-18H2,1-4H3,(H,38,44)(H2,36,37,43)/t19-,20-,28+/m0/s1. The lowest BCUT2D eigenvalue weighted by Crippen LogP contribution is -2.50. The van der Waals surface area contributed by atoms with Crippen LogP contribution in [0.25, 0.3) is 0 Å². The SMILES string of the molecule is COc1ccc(NC(=O)Nc2ccc3c(c2)C(=O)N([C@@H](C)CO)C[C@H](C)[C@@H](CN(C)C(=O)Nc2ccc(C(F)(F)F)cc2)O3)cc1. The van der Waals surface area contributed by atoms with Crippen molar-refractivity contribution in [1.29, 1.82) is 0 Å². The number of nitrogens with one attached hydrogen (secondary N) is 3. The summed E-state index contributed by atoms with van der Waals surface area (Å²) in [4.78, 5) is 42.2. The quantitative estimate of drug-likeness (QED) is 0.248. The fourth-order valence-corrected chi connectivity index (χ4v) is 4.80. The Bertz CT molecular complexity index is 1530. The van der Waals surface area contributed by atoms with E-state index in [1.54, 1.807) is 43.3 Å². The molecule has 14 heteroatoms. The molecular formula is C32H36F3N5O6. The third-order valence-corrected chi connectivity index (χ3v) is 7.53. The van der Waals surface area contributed by atoms with Crippen LogP contribution in [0.4, 0.5) is 39.8 Å². The minimum Gasteiger partial charge on any atom is -0.497 e. The Labute approximate surface area is 264 Å². The van der Waals surface area contributed by atoms with Gasteiger partial charge in [0.05, 0.1) is 37.4 Å². The van der Waals surface area contributed by atoms with Gasteiger partial charge in [-0.15, -0.1) is 0 Å². The van der Waals surface area contributed by atoms with Gasteiger partial charge in [-0.3, -0.25) is 4.79 Å². The first-order valence-corrected chi connectivity index (χ1v) is 14.4. The minimum atomic E-state index is -4.50. The summed E-state index contributed by atoms with van der Waals surface area (Å²) in [6.07, 6.45) is -5.12. The fourth-order valence-electron chi connectivity index (χ4n) is 4.80. The number of likely N-dealkylation sites (N-methyl/N-ethyl adjacent to an activating group) is 1. The fraction of sp³-hybridized carbons (Fsp3) is 0.344. The molecule has 1 aliphatic rings. The molecule has 0 spiro atoms. The molecule has 46 heavy (non-hydrogen) atoms. The number of carbonyl (C=O) groups excluding carboxylic acids is 3. The van der Waals surface area contributed by atoms with Crippen LogP contribution in [0.2, 0.25) is 0 Å². The lowest BCUT2D eigenvalue weighted by atomic mass is 9.99. The van der Waals surface area contributed by atoms with E-state index in [1.807, 2.05) is 6.92 Å². The van der Waals surface area contributed by atoms with Crippen LogP contribution in [0.3, 0.4) is 0 Å². The number of alkyl halides is 3. The first-order chi connectivity index (χ1) is 21.8. The summed E-state index contributed by atoms with van der Waals surface area (Å²) in [5, 5.41) is 17.9. The first-order valence-electron chi connectivity index (χ1n) is 14.4. The molecule has 0 aromatic heterocycles. The zero-order valence-corrected chi connectivity index (χ0v) is 25.7. The van der Waals surface area contributed by atoms with Crippen molar-refractivity contribution in [3.05, 3.63) is 77.9 Å². The van der Waals surface area contributed by atoms with E-state index in [2.05, 4.69) is 16.0 Å². The van der Waals surface area contributed by atoms with Crippen molar-refractivity contribution >= 4 is 35.0 Å². The van der Waals surface area contributed by atoms with Crippen LogP contribution in [-0.4, -0.2) is 78.9 Å². The van der Waals surface area contributed by atoms with Gasteiger partial charge in [0.15, 0.2) is 0 Å². The van der Waals surface area contributed by atoms with Gasteiger partial charge in [-0.1, -0.05) is 6.92 Å². The highest BCUT2D eigenvalue weighted by Crippen LogP contribution is 2.32. The van der Waals surface area contributed by atoms with Gasteiger partial charge < -0.3 is 40.3 Å². The maximum Gasteiger partial charge on any atom is 0.416 e. The number of hydrogen-bond donors (Lipinski definition) is 4. The zero-order valence-electron chi connectivity index (χ0n) is 25.7. The molecule has 1 heterocycles. The third kappa shape index (κ3) is 8.38. The summed E-state index contributed by atoms with van der Waals surface area (Å²) in [6, 6.07) is 13.8. The van der Waals surface area contributed by atoms with Crippen molar-refractivity contribution in [3.8, 4) is 11.5 Å². The molecule has 0 bridgehead atoms. The zero-order chi connectivity index (χ0) is 33.6. The van der Waals surface area contributed by atoms with Gasteiger partial charge in [-0.05, 0) is 73.7 Å². The third-order valence-electron chi connectivity index (χ3n) is 7.53. The van der Waals surface area contributed by atoms with Gasteiger partial charge in [0.25, 0.3) is 5.91 Å². The van der Waals surface area contributed by atoms with Crippen LogP contribution in [0, 0.1) is 5.92 Å². The summed E-state index contributed by atoms with van der Waals surface area (Å²) >= 11 is 0. The van der Waals surface area contributed by atoms with Crippen molar-refractivity contribution in [2.45, 2.75) is 32.2 Å². The number of fused-ring (bicyclic) bond motifs is 1. The van der Waals surface area contributed by atoms with Crippen LogP contribution >= 0.6 is 0 Å². The van der Waals surface area contributed by atoms with Crippen LogP contribution in [-0.2, 0) is 6.18 Å². The van der Waals surface area contributed by atoms with Gasteiger partial charge in [0.1, 0.15) is 17.6 Å². The molecule has 0 unspecified atom stereocenters. The van der Waals surface area contributed by atoms with Gasteiger partial charge in [0, 0.05) is 36.6 Å². The van der Waals surface area contributed by atoms with Crippen molar-refractivity contribution in [2.24, 2.45) is 5.92 Å². The molecule has 0 saturated heterocycles. The number of nitrogens with zero attached hydrogens (tertiary/aromatic N) is 2. The number of aliphatic hydroxyl groups excluding tert-OH is 1. The monoisotopic (exact) mass is 643 g/mol. The predicted molar refractivity (Wildman–Crippen MR) is 166 cm³/mol. The molecule has 0 fully saturated rings. The highest BCUT2D eigenvalue weighted by Gasteiger charge is 2.34. The van der Waals surface area contributed by atoms with Crippen LogP contribution in [0.1, 0.15) is 29.8 Å². The van der Waals surface area contributed by atoms with Crippen molar-refractivity contribution in [2.75, 3.05) is 49.8 Å². The number of methoxy groups -OCH3 is 1. The van der Waals surface area contributed by atoms with Crippen molar-refractivity contribution < 1.29 is 42.1 Å². The predicted octanol–water partition coefficient (Wildman–Crippen LogP) is 5.74. The second kappa shape index (κ2) is 14.4. The molecule has 4 rings (SSSR count). The Morgan fingerprint density at radius 2 is 1.61 bits per heavy atom. The van der Waals surface area contributed by atoms with E-state index in [-0.39, 0.29) is 42.6 Å². The number of carbonyl (C=O) groups is 3. The number of ether oxygens (including phenoxy) is 2. The molecule has 0 saturated carbocycles. The second-order valence-electron chi connectivity index (χ2n) is 11.0. The number of hydrogen-bond acceptors (Lipinski definition) is 6. The Kier molecular flexibility index (Phi) is 10.6. The first kappa shape index (κ1) is 33.9.